The van der Waals surface area contributed by atoms with Crippen LogP contribution >= 0.6 is 0 Å². The number of rotatable bonds is 3. The summed E-state index contributed by atoms with van der Waals surface area (Å²) in [7, 11) is 0. The van der Waals surface area contributed by atoms with Crippen molar-refractivity contribution in [3.05, 3.63) is 0 Å². The maximum absolute atomic E-state index is 2.80. The van der Waals surface area contributed by atoms with Crippen LogP contribution in [0.25, 0.3) is 0 Å². The minimum Gasteiger partial charge on any atom is -0.297 e. The molecule has 1 aliphatic carbocycles. The number of hydrogen-bond acceptors (Lipinski definition) is 1. The summed E-state index contributed by atoms with van der Waals surface area (Å²) in [4.78, 5) is 2.80. The van der Waals surface area contributed by atoms with Gasteiger partial charge >= 0.3 is 0 Å². The summed E-state index contributed by atoms with van der Waals surface area (Å²) in [6.07, 6.45) is 8.75. The topological polar surface area (TPSA) is 3.24 Å². The third-order valence-corrected chi connectivity index (χ3v) is 4.25. The SMILES string of the molecule is CCC(C)CN1CCCC12CCC2. The molecule has 13 heavy (non-hydrogen) atoms. The van der Waals surface area contributed by atoms with Crippen molar-refractivity contribution in [1.82, 2.24) is 4.90 Å². The highest BCUT2D eigenvalue weighted by atomic mass is 15.2. The van der Waals surface area contributed by atoms with Gasteiger partial charge in [-0.05, 0) is 44.6 Å². The Morgan fingerprint density at radius 3 is 2.46 bits per heavy atom. The van der Waals surface area contributed by atoms with E-state index in [1.54, 1.807) is 0 Å². The summed E-state index contributed by atoms with van der Waals surface area (Å²) >= 11 is 0. The van der Waals surface area contributed by atoms with Crippen LogP contribution in [0, 0.1) is 5.92 Å². The predicted molar refractivity (Wildman–Crippen MR) is 56.8 cm³/mol. The molecule has 2 rings (SSSR count). The first kappa shape index (κ1) is 9.51. The zero-order valence-electron chi connectivity index (χ0n) is 9.18. The molecule has 1 saturated heterocycles. The lowest BCUT2D eigenvalue weighted by atomic mass is 9.74. The van der Waals surface area contributed by atoms with Crippen molar-refractivity contribution < 1.29 is 0 Å². The second kappa shape index (κ2) is 3.61. The predicted octanol–water partition coefficient (Wildman–Crippen LogP) is 3.05. The normalized spacial score (nSPS) is 29.1. The smallest absolute Gasteiger partial charge is 0.0210 e. The van der Waals surface area contributed by atoms with Crippen LogP contribution in [-0.2, 0) is 0 Å². The Kier molecular flexibility index (Phi) is 2.64. The van der Waals surface area contributed by atoms with Gasteiger partial charge in [0.1, 0.15) is 0 Å². The maximum Gasteiger partial charge on any atom is 0.0210 e. The Morgan fingerprint density at radius 1 is 1.23 bits per heavy atom. The lowest BCUT2D eigenvalue weighted by Crippen LogP contribution is -2.50. The average molecular weight is 181 g/mol. The summed E-state index contributed by atoms with van der Waals surface area (Å²) in [6, 6.07) is 0. The molecule has 0 amide bonds. The van der Waals surface area contributed by atoms with E-state index in [1.165, 1.54) is 51.6 Å². The van der Waals surface area contributed by atoms with E-state index in [0.29, 0.717) is 5.54 Å². The Morgan fingerprint density at radius 2 is 1.92 bits per heavy atom. The molecule has 1 heterocycles. The van der Waals surface area contributed by atoms with Crippen LogP contribution in [0.15, 0.2) is 0 Å². The molecule has 2 aliphatic rings. The van der Waals surface area contributed by atoms with Gasteiger partial charge in [0, 0.05) is 12.1 Å². The summed E-state index contributed by atoms with van der Waals surface area (Å²) in [5, 5.41) is 0. The van der Waals surface area contributed by atoms with Crippen molar-refractivity contribution in [2.45, 2.75) is 57.9 Å². The quantitative estimate of drug-likeness (QED) is 0.647. The van der Waals surface area contributed by atoms with Crippen LogP contribution in [0.4, 0.5) is 0 Å². The highest BCUT2D eigenvalue weighted by Crippen LogP contribution is 2.45. The van der Waals surface area contributed by atoms with Gasteiger partial charge in [-0.2, -0.15) is 0 Å². The van der Waals surface area contributed by atoms with Crippen molar-refractivity contribution in [2.24, 2.45) is 5.92 Å². The van der Waals surface area contributed by atoms with Gasteiger partial charge in [0.25, 0.3) is 0 Å². The number of nitrogens with zero attached hydrogens (tertiary/aromatic N) is 1. The van der Waals surface area contributed by atoms with Gasteiger partial charge in [-0.3, -0.25) is 4.90 Å². The molecule has 1 heteroatoms. The zero-order valence-corrected chi connectivity index (χ0v) is 9.18. The molecular formula is C12H23N. The lowest BCUT2D eigenvalue weighted by Gasteiger charge is -2.47. The van der Waals surface area contributed by atoms with Crippen LogP contribution in [-0.4, -0.2) is 23.5 Å². The first-order valence-corrected chi connectivity index (χ1v) is 6.02. The number of hydrogen-bond donors (Lipinski definition) is 0. The molecule has 0 aromatic carbocycles. The van der Waals surface area contributed by atoms with E-state index in [9.17, 15) is 0 Å². The third-order valence-electron chi connectivity index (χ3n) is 4.25. The molecule has 1 saturated carbocycles. The van der Waals surface area contributed by atoms with Gasteiger partial charge in [-0.1, -0.05) is 20.3 Å². The molecule has 2 fully saturated rings. The minimum atomic E-state index is 0.698. The summed E-state index contributed by atoms with van der Waals surface area (Å²) in [5.74, 6) is 0.899. The van der Waals surface area contributed by atoms with E-state index in [0.717, 1.165) is 5.92 Å². The van der Waals surface area contributed by atoms with Crippen molar-refractivity contribution in [2.75, 3.05) is 13.1 Å². The lowest BCUT2D eigenvalue weighted by molar-refractivity contribution is 0.0444. The first-order chi connectivity index (χ1) is 6.27. The Balaban J connectivity index is 1.90. The second-order valence-corrected chi connectivity index (χ2v) is 5.14. The molecule has 76 valence electrons. The molecular weight excluding hydrogens is 158 g/mol. The van der Waals surface area contributed by atoms with E-state index in [2.05, 4.69) is 18.7 Å². The summed E-state index contributed by atoms with van der Waals surface area (Å²) in [6.45, 7) is 7.44. The molecule has 1 aliphatic heterocycles. The van der Waals surface area contributed by atoms with Gasteiger partial charge in [0.2, 0.25) is 0 Å². The fraction of sp³-hybridized carbons (Fsp3) is 1.00. The average Bonchev–Trinajstić information content (AvgIpc) is 2.47. The maximum atomic E-state index is 2.80. The summed E-state index contributed by atoms with van der Waals surface area (Å²) in [5.41, 5.74) is 0.698. The third kappa shape index (κ3) is 1.63. The largest absolute Gasteiger partial charge is 0.297 e. The van der Waals surface area contributed by atoms with Gasteiger partial charge in [0.05, 0.1) is 0 Å². The highest BCUT2D eigenvalue weighted by Gasteiger charge is 2.45. The van der Waals surface area contributed by atoms with Crippen LogP contribution < -0.4 is 0 Å². The van der Waals surface area contributed by atoms with Crippen LogP contribution in [0.3, 0.4) is 0 Å². The standard InChI is InChI=1S/C12H23N/c1-3-11(2)10-13-9-5-8-12(13)6-4-7-12/h11H,3-10H2,1-2H3. The van der Waals surface area contributed by atoms with Crippen LogP contribution in [0.2, 0.25) is 0 Å². The molecule has 0 aromatic heterocycles. The van der Waals surface area contributed by atoms with Gasteiger partial charge in [-0.25, -0.2) is 0 Å². The molecule has 0 aromatic rings. The van der Waals surface area contributed by atoms with E-state index >= 15 is 0 Å². The molecule has 1 nitrogen and oxygen atoms in total. The minimum absolute atomic E-state index is 0.698. The van der Waals surface area contributed by atoms with E-state index in [4.69, 9.17) is 0 Å². The van der Waals surface area contributed by atoms with Crippen molar-refractivity contribution in [3.63, 3.8) is 0 Å². The fourth-order valence-electron chi connectivity index (χ4n) is 2.94. The molecule has 1 atom stereocenters. The summed E-state index contributed by atoms with van der Waals surface area (Å²) < 4.78 is 0. The van der Waals surface area contributed by atoms with Gasteiger partial charge in [-0.15, -0.1) is 0 Å². The van der Waals surface area contributed by atoms with Crippen molar-refractivity contribution in [1.29, 1.82) is 0 Å². The Hall–Kier alpha value is -0.0400. The zero-order chi connectivity index (χ0) is 9.31. The Bertz CT molecular complexity index is 172. The monoisotopic (exact) mass is 181 g/mol. The van der Waals surface area contributed by atoms with E-state index < -0.39 is 0 Å². The van der Waals surface area contributed by atoms with E-state index in [-0.39, 0.29) is 0 Å². The highest BCUT2D eigenvalue weighted by molar-refractivity contribution is 5.01. The van der Waals surface area contributed by atoms with Crippen LogP contribution in [0.1, 0.15) is 52.4 Å². The molecule has 1 spiro atoms. The molecule has 0 bridgehead atoms. The fourth-order valence-corrected chi connectivity index (χ4v) is 2.94. The number of likely N-dealkylation sites (tertiary alicyclic amines) is 1. The second-order valence-electron chi connectivity index (χ2n) is 5.14. The van der Waals surface area contributed by atoms with Gasteiger partial charge in [0.15, 0.2) is 0 Å². The first-order valence-electron chi connectivity index (χ1n) is 6.02. The molecule has 0 radical (unpaired) electrons. The van der Waals surface area contributed by atoms with Crippen molar-refractivity contribution >= 4 is 0 Å². The van der Waals surface area contributed by atoms with Crippen molar-refractivity contribution in [3.8, 4) is 0 Å². The van der Waals surface area contributed by atoms with Gasteiger partial charge < -0.3 is 0 Å². The van der Waals surface area contributed by atoms with E-state index in [1.807, 2.05) is 0 Å². The molecule has 1 unspecified atom stereocenters. The Labute approximate surface area is 82.5 Å². The molecule has 0 N–H and O–H groups in total. The van der Waals surface area contributed by atoms with Crippen LogP contribution in [0.5, 0.6) is 0 Å².